The third-order valence-corrected chi connectivity index (χ3v) is 6.82. The fourth-order valence-electron chi connectivity index (χ4n) is 4.59. The first-order valence-corrected chi connectivity index (χ1v) is 13.2. The molecule has 3 rings (SSSR count). The van der Waals surface area contributed by atoms with E-state index < -0.39 is 6.09 Å². The molecule has 0 unspecified atom stereocenters. The minimum Gasteiger partial charge on any atom is -0.493 e. The number of hydrogen-bond donors (Lipinski definition) is 1. The molecule has 1 aliphatic rings. The second-order valence-corrected chi connectivity index (χ2v) is 10.3. The number of rotatable bonds is 13. The molecule has 1 saturated heterocycles. The Morgan fingerprint density at radius 2 is 1.87 bits per heavy atom. The molecule has 10 heteroatoms. The van der Waals surface area contributed by atoms with Crippen LogP contribution in [0.5, 0.6) is 5.75 Å². The van der Waals surface area contributed by atoms with Gasteiger partial charge in [-0.15, -0.1) is 0 Å². The lowest BCUT2D eigenvalue weighted by atomic mass is 9.94. The van der Waals surface area contributed by atoms with Crippen LogP contribution in [0.15, 0.2) is 28.8 Å². The monoisotopic (exact) mass is 530 g/mol. The summed E-state index contributed by atoms with van der Waals surface area (Å²) in [6.45, 7) is 11.7. The molecule has 0 radical (unpaired) electrons. The molecule has 10 nitrogen and oxygen atoms in total. The van der Waals surface area contributed by atoms with Crippen LogP contribution in [0.2, 0.25) is 0 Å². The molecule has 210 valence electrons. The average molecular weight is 531 g/mol. The Bertz CT molecular complexity index is 1060. The molecule has 1 aliphatic heterocycles. The predicted octanol–water partition coefficient (Wildman–Crippen LogP) is 3.66. The van der Waals surface area contributed by atoms with E-state index in [2.05, 4.69) is 10.5 Å². The van der Waals surface area contributed by atoms with Gasteiger partial charge in [0.1, 0.15) is 23.8 Å². The molecule has 0 saturated carbocycles. The Labute approximate surface area is 225 Å². The summed E-state index contributed by atoms with van der Waals surface area (Å²) < 4.78 is 21.4. The highest BCUT2D eigenvalue weighted by atomic mass is 16.6. The summed E-state index contributed by atoms with van der Waals surface area (Å²) in [5, 5.41) is 7.29. The fraction of sp³-hybridized carbons (Fsp3) is 0.607. The molecule has 2 aromatic rings. The summed E-state index contributed by atoms with van der Waals surface area (Å²) in [5.74, 6) is 1.75. The molecular weight excluding hydrogens is 488 g/mol. The highest BCUT2D eigenvalue weighted by molar-refractivity contribution is 5.95. The van der Waals surface area contributed by atoms with E-state index in [0.717, 1.165) is 30.8 Å². The quantitative estimate of drug-likeness (QED) is 0.391. The van der Waals surface area contributed by atoms with Gasteiger partial charge in [0.05, 0.1) is 6.61 Å². The number of carbonyl (C=O) groups excluding carboxylic acids is 2. The Kier molecular flexibility index (Phi) is 11.0. The van der Waals surface area contributed by atoms with Gasteiger partial charge in [-0.3, -0.25) is 4.79 Å². The predicted molar refractivity (Wildman–Crippen MR) is 143 cm³/mol. The summed E-state index contributed by atoms with van der Waals surface area (Å²) in [6.07, 6.45) is 0.371. The van der Waals surface area contributed by atoms with Gasteiger partial charge in [0.2, 0.25) is 0 Å². The van der Waals surface area contributed by atoms with Crippen LogP contribution in [0.4, 0.5) is 4.79 Å². The number of aromatic nitrogens is 1. The maximum Gasteiger partial charge on any atom is 0.409 e. The van der Waals surface area contributed by atoms with E-state index in [4.69, 9.17) is 18.7 Å². The van der Waals surface area contributed by atoms with Crippen molar-refractivity contribution in [1.82, 2.24) is 20.3 Å². The molecule has 2 amide bonds. The van der Waals surface area contributed by atoms with Crippen LogP contribution in [-0.2, 0) is 16.1 Å². The summed E-state index contributed by atoms with van der Waals surface area (Å²) in [5.41, 5.74) is 2.18. The summed E-state index contributed by atoms with van der Waals surface area (Å²) >= 11 is 0. The van der Waals surface area contributed by atoms with E-state index in [0.29, 0.717) is 43.3 Å². The van der Waals surface area contributed by atoms with E-state index in [1.165, 1.54) is 0 Å². The minimum absolute atomic E-state index is 0.0183. The third kappa shape index (κ3) is 8.19. The van der Waals surface area contributed by atoms with Gasteiger partial charge in [-0.1, -0.05) is 11.2 Å². The molecule has 2 atom stereocenters. The van der Waals surface area contributed by atoms with Gasteiger partial charge < -0.3 is 33.9 Å². The van der Waals surface area contributed by atoms with Crippen LogP contribution < -0.4 is 10.1 Å². The average Bonchev–Trinajstić information content (AvgIpc) is 3.52. The van der Waals surface area contributed by atoms with Crippen LogP contribution >= 0.6 is 0 Å². The number of nitrogens with zero attached hydrogens (tertiary/aromatic N) is 3. The second-order valence-electron chi connectivity index (χ2n) is 10.3. The zero-order chi connectivity index (χ0) is 27.7. The largest absolute Gasteiger partial charge is 0.493 e. The van der Waals surface area contributed by atoms with Crippen molar-refractivity contribution in [2.45, 2.75) is 46.8 Å². The molecule has 1 N–H and O–H groups in total. The Morgan fingerprint density at radius 1 is 1.13 bits per heavy atom. The minimum atomic E-state index is -0.411. The van der Waals surface area contributed by atoms with Gasteiger partial charge in [-0.25, -0.2) is 4.79 Å². The fourth-order valence-corrected chi connectivity index (χ4v) is 4.59. The van der Waals surface area contributed by atoms with Gasteiger partial charge in [0.25, 0.3) is 5.91 Å². The molecule has 2 heterocycles. The van der Waals surface area contributed by atoms with Crippen molar-refractivity contribution in [1.29, 1.82) is 0 Å². The lowest BCUT2D eigenvalue weighted by Gasteiger charge is -2.32. The van der Waals surface area contributed by atoms with Crippen molar-refractivity contribution in [3.8, 4) is 5.75 Å². The van der Waals surface area contributed by atoms with Crippen molar-refractivity contribution in [3.05, 3.63) is 46.8 Å². The van der Waals surface area contributed by atoms with Crippen molar-refractivity contribution >= 4 is 12.0 Å². The van der Waals surface area contributed by atoms with Gasteiger partial charge in [0, 0.05) is 71.0 Å². The second kappa shape index (κ2) is 14.2. The molecular formula is C28H42N4O6. The number of methoxy groups -OCH3 is 1. The smallest absolute Gasteiger partial charge is 0.409 e. The van der Waals surface area contributed by atoms with Crippen molar-refractivity contribution < 1.29 is 28.3 Å². The zero-order valence-electron chi connectivity index (χ0n) is 23.5. The molecule has 0 aliphatic carbocycles. The molecule has 1 aromatic heterocycles. The van der Waals surface area contributed by atoms with Crippen LogP contribution in [0, 0.1) is 25.7 Å². The van der Waals surface area contributed by atoms with Gasteiger partial charge >= 0.3 is 6.09 Å². The SMILES string of the molecule is COCCCOc1cc(C(=O)N(C[C@@H]2CNC[C@H]2CN(C)C(=O)OCc2cc(C)on2)C(C)C)ccc1C. The number of benzene rings is 1. The Morgan fingerprint density at radius 3 is 2.53 bits per heavy atom. The summed E-state index contributed by atoms with van der Waals surface area (Å²) in [7, 11) is 3.40. The van der Waals surface area contributed by atoms with Gasteiger partial charge in [0.15, 0.2) is 0 Å². The maximum atomic E-state index is 13.6. The molecule has 1 fully saturated rings. The summed E-state index contributed by atoms with van der Waals surface area (Å²) in [4.78, 5) is 29.7. The molecule has 0 spiro atoms. The zero-order valence-corrected chi connectivity index (χ0v) is 23.5. The third-order valence-electron chi connectivity index (χ3n) is 6.82. The lowest BCUT2D eigenvalue weighted by Crippen LogP contribution is -2.44. The first-order valence-electron chi connectivity index (χ1n) is 13.2. The highest BCUT2D eigenvalue weighted by Gasteiger charge is 2.33. The molecule has 38 heavy (non-hydrogen) atoms. The molecule has 1 aromatic carbocycles. The van der Waals surface area contributed by atoms with Crippen molar-refractivity contribution in [2.24, 2.45) is 11.8 Å². The number of amides is 2. The topological polar surface area (TPSA) is 106 Å². The Hall–Kier alpha value is -3.11. The lowest BCUT2D eigenvalue weighted by molar-refractivity contribution is 0.0641. The van der Waals surface area contributed by atoms with E-state index in [9.17, 15) is 9.59 Å². The van der Waals surface area contributed by atoms with Crippen LogP contribution in [-0.4, -0.2) is 86.5 Å². The standard InChI is InChI=1S/C28H42N4O6/c1-19(2)32(27(33)22-9-8-20(3)26(13-22)36-11-7-10-35-6)17-24-15-29-14-23(24)16-31(5)28(34)37-18-25-12-21(4)38-30-25/h8-9,12-13,19,23-24,29H,7,10-11,14-18H2,1-6H3/t23-,24-/m0/s1. The van der Waals surface area contributed by atoms with Gasteiger partial charge in [-0.05, 0) is 57.2 Å². The van der Waals surface area contributed by atoms with Crippen LogP contribution in [0.1, 0.15) is 47.6 Å². The molecule has 0 bridgehead atoms. The number of aryl methyl sites for hydroxylation is 2. The number of ether oxygens (including phenoxy) is 3. The normalized spacial score (nSPS) is 17.0. The van der Waals surface area contributed by atoms with E-state index in [1.807, 2.05) is 43.9 Å². The maximum absolute atomic E-state index is 13.6. The number of hydrogen-bond acceptors (Lipinski definition) is 8. The van der Waals surface area contributed by atoms with E-state index in [-0.39, 0.29) is 30.4 Å². The van der Waals surface area contributed by atoms with Crippen LogP contribution in [0.25, 0.3) is 0 Å². The Balaban J connectivity index is 1.60. The van der Waals surface area contributed by atoms with E-state index >= 15 is 0 Å². The van der Waals surface area contributed by atoms with E-state index in [1.54, 1.807) is 32.0 Å². The highest BCUT2D eigenvalue weighted by Crippen LogP contribution is 2.25. The number of carbonyl (C=O) groups is 2. The van der Waals surface area contributed by atoms with Gasteiger partial charge in [-0.2, -0.15) is 0 Å². The van der Waals surface area contributed by atoms with Crippen molar-refractivity contribution in [3.63, 3.8) is 0 Å². The number of nitrogens with one attached hydrogen (secondary N) is 1. The first-order chi connectivity index (χ1) is 18.2. The van der Waals surface area contributed by atoms with Crippen LogP contribution in [0.3, 0.4) is 0 Å². The first kappa shape index (κ1) is 29.4. The van der Waals surface area contributed by atoms with Crippen molar-refractivity contribution in [2.75, 3.05) is 53.6 Å². The summed E-state index contributed by atoms with van der Waals surface area (Å²) in [6, 6.07) is 7.39.